The Labute approximate surface area is 204 Å². The maximum Gasteiger partial charge on any atom is 0.297 e. The van der Waals surface area contributed by atoms with Crippen LogP contribution in [0, 0.1) is 5.21 Å². The van der Waals surface area contributed by atoms with Gasteiger partial charge in [-0.25, -0.2) is 0 Å². The fraction of sp³-hybridized carbons (Fsp3) is 0.500. The Balaban J connectivity index is 1.32. The van der Waals surface area contributed by atoms with Gasteiger partial charge in [0.25, 0.3) is 6.23 Å². The quantitative estimate of drug-likeness (QED) is 0.288. The number of hydroxylamine groups is 1. The molecule has 2 aromatic rings. The van der Waals surface area contributed by atoms with Crippen LogP contribution < -0.4 is 4.74 Å². The SMILES string of the molecule is CC1(C)O[C@H]2[C@@H]([C@H]3COC(C)(C)O3)O[C@H]([N+]([O-])=Cc3ccc(OCc4ccccc4)cc3O)[C@H]2O1. The van der Waals surface area contributed by atoms with Crippen LogP contribution in [0.1, 0.15) is 38.8 Å². The summed E-state index contributed by atoms with van der Waals surface area (Å²) >= 11 is 0. The molecule has 0 bridgehead atoms. The molecule has 0 radical (unpaired) electrons. The highest BCUT2D eigenvalue weighted by Crippen LogP contribution is 2.42. The number of ether oxygens (including phenoxy) is 6. The van der Waals surface area contributed by atoms with E-state index in [-0.39, 0.29) is 5.75 Å². The van der Waals surface area contributed by atoms with Gasteiger partial charge in [0, 0.05) is 6.07 Å². The molecule has 0 saturated carbocycles. The predicted molar refractivity (Wildman–Crippen MR) is 125 cm³/mol. The lowest BCUT2D eigenvalue weighted by molar-refractivity contribution is -0.562. The second-order valence-electron chi connectivity index (χ2n) is 9.91. The third kappa shape index (κ3) is 5.14. The van der Waals surface area contributed by atoms with Crippen molar-refractivity contribution in [2.24, 2.45) is 0 Å². The Morgan fingerprint density at radius 1 is 1.00 bits per heavy atom. The molecule has 35 heavy (non-hydrogen) atoms. The molecule has 0 aromatic heterocycles. The van der Waals surface area contributed by atoms with E-state index in [1.165, 1.54) is 12.3 Å². The molecule has 0 amide bonds. The highest BCUT2D eigenvalue weighted by atomic mass is 16.8. The number of rotatable bonds is 6. The van der Waals surface area contributed by atoms with Crippen LogP contribution in [0.25, 0.3) is 0 Å². The summed E-state index contributed by atoms with van der Waals surface area (Å²) < 4.78 is 36.3. The molecule has 9 nitrogen and oxygen atoms in total. The highest BCUT2D eigenvalue weighted by Gasteiger charge is 2.62. The number of nitrogens with zero attached hydrogens (tertiary/aromatic N) is 1. The molecule has 0 unspecified atom stereocenters. The zero-order valence-corrected chi connectivity index (χ0v) is 20.2. The molecule has 0 aliphatic carbocycles. The van der Waals surface area contributed by atoms with Crippen molar-refractivity contribution in [3.63, 3.8) is 0 Å². The minimum atomic E-state index is -0.979. The number of fused-ring (bicyclic) bond motifs is 1. The van der Waals surface area contributed by atoms with Gasteiger partial charge in [0.2, 0.25) is 0 Å². The van der Waals surface area contributed by atoms with Gasteiger partial charge in [0.15, 0.2) is 23.9 Å². The average molecular weight is 486 g/mol. The average Bonchev–Trinajstić information content (AvgIpc) is 3.43. The van der Waals surface area contributed by atoms with Gasteiger partial charge in [-0.1, -0.05) is 30.3 Å². The molecule has 5 rings (SSSR count). The van der Waals surface area contributed by atoms with Crippen molar-refractivity contribution in [3.8, 4) is 11.5 Å². The van der Waals surface area contributed by atoms with Crippen molar-refractivity contribution in [1.29, 1.82) is 0 Å². The molecule has 2 aromatic carbocycles. The van der Waals surface area contributed by atoms with Crippen LogP contribution in [0.2, 0.25) is 0 Å². The second-order valence-corrected chi connectivity index (χ2v) is 9.91. The number of phenols is 1. The first-order chi connectivity index (χ1) is 16.6. The lowest BCUT2D eigenvalue weighted by Gasteiger charge is -2.26. The molecule has 1 N–H and O–H groups in total. The van der Waals surface area contributed by atoms with Crippen LogP contribution in [-0.2, 0) is 30.3 Å². The minimum absolute atomic E-state index is 0.0827. The summed E-state index contributed by atoms with van der Waals surface area (Å²) in [5.41, 5.74) is 1.34. The number of phenolic OH excluding ortho intramolecular Hbond substituents is 1. The summed E-state index contributed by atoms with van der Waals surface area (Å²) in [7, 11) is 0. The van der Waals surface area contributed by atoms with Gasteiger partial charge >= 0.3 is 0 Å². The van der Waals surface area contributed by atoms with E-state index in [4.69, 9.17) is 28.4 Å². The molecule has 3 fully saturated rings. The number of benzene rings is 2. The normalized spacial score (nSPS) is 31.4. The van der Waals surface area contributed by atoms with E-state index in [1.54, 1.807) is 26.0 Å². The highest BCUT2D eigenvalue weighted by molar-refractivity contribution is 5.80. The van der Waals surface area contributed by atoms with Crippen LogP contribution in [0.3, 0.4) is 0 Å². The van der Waals surface area contributed by atoms with Gasteiger partial charge in [0.1, 0.15) is 36.4 Å². The summed E-state index contributed by atoms with van der Waals surface area (Å²) in [6, 6.07) is 14.5. The van der Waals surface area contributed by atoms with E-state index in [1.807, 2.05) is 44.2 Å². The fourth-order valence-electron chi connectivity index (χ4n) is 4.66. The monoisotopic (exact) mass is 485 g/mol. The largest absolute Gasteiger partial charge is 0.622 e. The van der Waals surface area contributed by atoms with E-state index in [2.05, 4.69) is 0 Å². The summed E-state index contributed by atoms with van der Waals surface area (Å²) in [6.45, 7) is 7.95. The molecule has 3 aliphatic heterocycles. The van der Waals surface area contributed by atoms with Gasteiger partial charge in [-0.15, -0.1) is 0 Å². The Kier molecular flexibility index (Phi) is 6.23. The van der Waals surface area contributed by atoms with Gasteiger partial charge in [-0.3, -0.25) is 0 Å². The van der Waals surface area contributed by atoms with Crippen LogP contribution in [0.5, 0.6) is 11.5 Å². The number of hydrogen-bond acceptors (Lipinski definition) is 8. The Morgan fingerprint density at radius 3 is 2.43 bits per heavy atom. The van der Waals surface area contributed by atoms with Crippen molar-refractivity contribution < 1.29 is 38.3 Å². The van der Waals surface area contributed by atoms with Crippen molar-refractivity contribution in [2.45, 2.75) is 76.5 Å². The van der Waals surface area contributed by atoms with Gasteiger partial charge in [-0.2, -0.15) is 4.74 Å². The fourth-order valence-corrected chi connectivity index (χ4v) is 4.66. The van der Waals surface area contributed by atoms with Gasteiger partial charge in [0.05, 0.1) is 12.2 Å². The van der Waals surface area contributed by atoms with Crippen molar-refractivity contribution in [3.05, 3.63) is 64.9 Å². The Bertz CT molecular complexity index is 1090. The van der Waals surface area contributed by atoms with Crippen LogP contribution >= 0.6 is 0 Å². The molecule has 3 saturated heterocycles. The summed E-state index contributed by atoms with van der Waals surface area (Å²) in [6.07, 6.45) is -1.77. The molecule has 5 atom stereocenters. The summed E-state index contributed by atoms with van der Waals surface area (Å²) in [5.74, 6) is -1.20. The van der Waals surface area contributed by atoms with Crippen molar-refractivity contribution in [1.82, 2.24) is 0 Å². The summed E-state index contributed by atoms with van der Waals surface area (Å²) in [4.78, 5) is 0. The predicted octanol–water partition coefficient (Wildman–Crippen LogP) is 3.30. The molecule has 0 spiro atoms. The van der Waals surface area contributed by atoms with E-state index in [0.29, 0.717) is 29.3 Å². The first kappa shape index (κ1) is 24.0. The van der Waals surface area contributed by atoms with Gasteiger partial charge in [-0.05, 0) is 45.4 Å². The third-order valence-electron chi connectivity index (χ3n) is 6.23. The zero-order chi connectivity index (χ0) is 24.8. The maximum atomic E-state index is 13.2. The Hall–Kier alpha value is -2.69. The molecular weight excluding hydrogens is 454 g/mol. The van der Waals surface area contributed by atoms with Crippen LogP contribution in [0.15, 0.2) is 48.5 Å². The van der Waals surface area contributed by atoms with Gasteiger partial charge < -0.3 is 38.7 Å². The lowest BCUT2D eigenvalue weighted by Crippen LogP contribution is -2.40. The van der Waals surface area contributed by atoms with E-state index < -0.39 is 42.2 Å². The van der Waals surface area contributed by atoms with Crippen LogP contribution in [0.4, 0.5) is 0 Å². The molecule has 3 aliphatic rings. The third-order valence-corrected chi connectivity index (χ3v) is 6.23. The zero-order valence-electron chi connectivity index (χ0n) is 20.2. The van der Waals surface area contributed by atoms with Crippen molar-refractivity contribution in [2.75, 3.05) is 6.61 Å². The van der Waals surface area contributed by atoms with E-state index >= 15 is 0 Å². The first-order valence-electron chi connectivity index (χ1n) is 11.7. The molecule has 9 heteroatoms. The topological polar surface area (TPSA) is 102 Å². The Morgan fingerprint density at radius 2 is 1.74 bits per heavy atom. The lowest BCUT2D eigenvalue weighted by atomic mass is 10.1. The van der Waals surface area contributed by atoms with Crippen LogP contribution in [-0.4, -0.2) is 64.9 Å². The smallest absolute Gasteiger partial charge is 0.297 e. The molecule has 3 heterocycles. The van der Waals surface area contributed by atoms with E-state index in [9.17, 15) is 10.3 Å². The van der Waals surface area contributed by atoms with E-state index in [0.717, 1.165) is 5.56 Å². The second kappa shape index (κ2) is 9.07. The number of hydrogen-bond donors (Lipinski definition) is 1. The maximum absolute atomic E-state index is 13.2. The van der Waals surface area contributed by atoms with Crippen molar-refractivity contribution >= 4 is 6.21 Å². The molecule has 188 valence electrons. The molecular formula is C26H31NO8. The first-order valence-corrected chi connectivity index (χ1v) is 11.7. The summed E-state index contributed by atoms with van der Waals surface area (Å²) in [5, 5.41) is 23.7. The number of aromatic hydroxyl groups is 1. The minimum Gasteiger partial charge on any atom is -0.622 e. The standard InChI is InChI=1S/C26H31NO8/c1-25(2)31-15-20(33-25)21-22-23(35-26(3,4)34-22)24(32-21)27(29)13-17-10-11-18(12-19(17)28)30-14-16-8-6-5-7-9-16/h5-13,20-24,28H,14-15H2,1-4H3/t20-,21-,22+,23+,24+/m1/s1.